The lowest BCUT2D eigenvalue weighted by atomic mass is 9.89. The lowest BCUT2D eigenvalue weighted by molar-refractivity contribution is -0.384. The molecule has 3 rings (SSSR count). The van der Waals surface area contributed by atoms with Crippen molar-refractivity contribution in [1.82, 2.24) is 10.6 Å². The van der Waals surface area contributed by atoms with Crippen molar-refractivity contribution in [3.8, 4) is 0 Å². The molecule has 0 bridgehead atoms. The molecule has 27 heavy (non-hydrogen) atoms. The number of amides is 2. The highest BCUT2D eigenvalue weighted by Gasteiger charge is 2.32. The summed E-state index contributed by atoms with van der Waals surface area (Å²) in [5.74, 6) is -0.334. The molecule has 0 spiro atoms. The Kier molecular flexibility index (Phi) is 5.16. The molecule has 0 saturated carbocycles. The Balaban J connectivity index is 2.10. The summed E-state index contributed by atoms with van der Waals surface area (Å²) in [6, 6.07) is 9.09. The van der Waals surface area contributed by atoms with Gasteiger partial charge in [0.15, 0.2) is 5.78 Å². The van der Waals surface area contributed by atoms with Crippen LogP contribution in [0.1, 0.15) is 28.9 Å². The molecule has 0 aromatic heterocycles. The van der Waals surface area contributed by atoms with E-state index in [1.807, 2.05) is 0 Å². The van der Waals surface area contributed by atoms with Gasteiger partial charge in [0.05, 0.1) is 11.0 Å². The number of nitro benzene ring substituents is 1. The molecule has 9 heteroatoms. The van der Waals surface area contributed by atoms with Crippen LogP contribution in [0.25, 0.3) is 0 Å². The Morgan fingerprint density at radius 1 is 1.15 bits per heavy atom. The summed E-state index contributed by atoms with van der Waals surface area (Å²) in [7, 11) is 0. The number of hydrogen-bond donors (Lipinski definition) is 2. The van der Waals surface area contributed by atoms with Crippen molar-refractivity contribution in [1.29, 1.82) is 0 Å². The summed E-state index contributed by atoms with van der Waals surface area (Å²) >= 11 is 11.7. The summed E-state index contributed by atoms with van der Waals surface area (Å²) in [4.78, 5) is 35.6. The average molecular weight is 406 g/mol. The molecule has 0 fully saturated rings. The summed E-state index contributed by atoms with van der Waals surface area (Å²) in [6.45, 7) is 1.60. The molecular formula is C18H13Cl2N3O4. The van der Waals surface area contributed by atoms with Crippen LogP contribution in [0.5, 0.6) is 0 Å². The number of hydrogen-bond acceptors (Lipinski definition) is 4. The van der Waals surface area contributed by atoms with E-state index in [2.05, 4.69) is 10.6 Å². The molecule has 2 N–H and O–H groups in total. The summed E-state index contributed by atoms with van der Waals surface area (Å²) < 4.78 is 0. The Bertz CT molecular complexity index is 987. The summed E-state index contributed by atoms with van der Waals surface area (Å²) in [5.41, 5.74) is 1.07. The zero-order valence-electron chi connectivity index (χ0n) is 14.0. The number of halogens is 2. The standard InChI is InChI=1S/C18H13Cl2N3O4/c1-9-15(17(24)10-2-5-12(19)6-3-10)16(22-18(25)21-9)11-4-7-13(20)14(8-11)23(26)27/h2-8,16H,1H3,(H2,21,22,25)/t16-/m0/s1. The second-order valence-corrected chi connectivity index (χ2v) is 6.72. The van der Waals surface area contributed by atoms with Gasteiger partial charge in [-0.3, -0.25) is 14.9 Å². The van der Waals surface area contributed by atoms with Crippen molar-refractivity contribution in [2.75, 3.05) is 0 Å². The lowest BCUT2D eigenvalue weighted by Crippen LogP contribution is -2.45. The normalized spacial score (nSPS) is 16.6. The molecule has 2 aromatic rings. The van der Waals surface area contributed by atoms with Crippen molar-refractivity contribution in [2.45, 2.75) is 13.0 Å². The number of benzene rings is 2. The molecule has 0 unspecified atom stereocenters. The van der Waals surface area contributed by atoms with E-state index in [0.29, 0.717) is 21.8 Å². The van der Waals surface area contributed by atoms with Gasteiger partial charge in [0.1, 0.15) is 5.02 Å². The van der Waals surface area contributed by atoms with Gasteiger partial charge in [0.2, 0.25) is 0 Å². The predicted molar refractivity (Wildman–Crippen MR) is 101 cm³/mol. The van der Waals surface area contributed by atoms with Crippen molar-refractivity contribution < 1.29 is 14.5 Å². The highest BCUT2D eigenvalue weighted by atomic mass is 35.5. The second-order valence-electron chi connectivity index (χ2n) is 5.87. The van der Waals surface area contributed by atoms with Gasteiger partial charge in [-0.25, -0.2) is 4.79 Å². The SMILES string of the molecule is CC1=C(C(=O)c2ccc(Cl)cc2)[C@H](c2ccc(Cl)c([N+](=O)[O-])c2)NC(=O)N1. The fourth-order valence-electron chi connectivity index (χ4n) is 2.85. The number of carbonyl (C=O) groups excluding carboxylic acids is 2. The first-order chi connectivity index (χ1) is 12.8. The highest BCUT2D eigenvalue weighted by molar-refractivity contribution is 6.32. The van der Waals surface area contributed by atoms with Gasteiger partial charge in [0, 0.05) is 27.9 Å². The minimum Gasteiger partial charge on any atom is -0.327 e. The Hall–Kier alpha value is -2.90. The van der Waals surface area contributed by atoms with Gasteiger partial charge >= 0.3 is 6.03 Å². The van der Waals surface area contributed by atoms with Crippen LogP contribution in [-0.2, 0) is 0 Å². The molecule has 1 heterocycles. The Morgan fingerprint density at radius 2 is 1.81 bits per heavy atom. The first-order valence-corrected chi connectivity index (χ1v) is 8.56. The maximum absolute atomic E-state index is 13.0. The van der Waals surface area contributed by atoms with E-state index in [-0.39, 0.29) is 22.1 Å². The number of Topliss-reactive ketones (excluding diaryl/α,β-unsaturated/α-hetero) is 1. The highest BCUT2D eigenvalue weighted by Crippen LogP contribution is 2.34. The molecule has 0 aliphatic carbocycles. The number of carbonyl (C=O) groups is 2. The van der Waals surface area contributed by atoms with E-state index in [1.165, 1.54) is 18.2 Å². The van der Waals surface area contributed by atoms with E-state index in [1.54, 1.807) is 31.2 Å². The summed E-state index contributed by atoms with van der Waals surface area (Å²) in [6.07, 6.45) is 0. The monoisotopic (exact) mass is 405 g/mol. The van der Waals surface area contributed by atoms with Gasteiger partial charge in [-0.2, -0.15) is 0 Å². The number of urea groups is 1. The van der Waals surface area contributed by atoms with Crippen LogP contribution >= 0.6 is 23.2 Å². The lowest BCUT2D eigenvalue weighted by Gasteiger charge is -2.28. The van der Waals surface area contributed by atoms with Crippen LogP contribution in [0.15, 0.2) is 53.7 Å². The third-order valence-electron chi connectivity index (χ3n) is 4.12. The Labute approximate surface area is 164 Å². The zero-order chi connectivity index (χ0) is 19.7. The van der Waals surface area contributed by atoms with E-state index in [4.69, 9.17) is 23.2 Å². The third-order valence-corrected chi connectivity index (χ3v) is 4.69. The summed E-state index contributed by atoms with van der Waals surface area (Å²) in [5, 5.41) is 16.8. The molecule has 1 aliphatic heterocycles. The second kappa shape index (κ2) is 7.38. The maximum atomic E-state index is 13.0. The molecule has 1 atom stereocenters. The fraction of sp³-hybridized carbons (Fsp3) is 0.111. The number of rotatable bonds is 4. The molecule has 7 nitrogen and oxygen atoms in total. The molecule has 0 saturated heterocycles. The Morgan fingerprint density at radius 3 is 2.44 bits per heavy atom. The molecule has 138 valence electrons. The van der Waals surface area contributed by atoms with Gasteiger partial charge in [-0.05, 0) is 42.8 Å². The fourth-order valence-corrected chi connectivity index (χ4v) is 3.16. The van der Waals surface area contributed by atoms with Gasteiger partial charge in [-0.15, -0.1) is 0 Å². The van der Waals surface area contributed by atoms with Gasteiger partial charge in [-0.1, -0.05) is 29.3 Å². The zero-order valence-corrected chi connectivity index (χ0v) is 15.5. The molecular weight excluding hydrogens is 393 g/mol. The minimum absolute atomic E-state index is 0.0321. The average Bonchev–Trinajstić information content (AvgIpc) is 2.61. The smallest absolute Gasteiger partial charge is 0.319 e. The van der Waals surface area contributed by atoms with Gasteiger partial charge in [0.25, 0.3) is 5.69 Å². The number of allylic oxidation sites excluding steroid dienone is 1. The molecule has 0 radical (unpaired) electrons. The predicted octanol–water partition coefficient (Wildman–Crippen LogP) is 4.41. The largest absolute Gasteiger partial charge is 0.327 e. The van der Waals surface area contributed by atoms with E-state index >= 15 is 0 Å². The quantitative estimate of drug-likeness (QED) is 0.446. The number of nitrogens with zero attached hydrogens (tertiary/aromatic N) is 1. The van der Waals surface area contributed by atoms with Crippen LogP contribution in [0.2, 0.25) is 10.0 Å². The minimum atomic E-state index is -0.863. The van der Waals surface area contributed by atoms with Gasteiger partial charge < -0.3 is 10.6 Å². The van der Waals surface area contributed by atoms with Crippen LogP contribution in [0.3, 0.4) is 0 Å². The van der Waals surface area contributed by atoms with Crippen molar-refractivity contribution in [2.24, 2.45) is 0 Å². The van der Waals surface area contributed by atoms with Crippen molar-refractivity contribution in [3.63, 3.8) is 0 Å². The molecule has 2 aromatic carbocycles. The maximum Gasteiger partial charge on any atom is 0.319 e. The van der Waals surface area contributed by atoms with E-state index in [0.717, 1.165) is 0 Å². The third kappa shape index (κ3) is 3.79. The van der Waals surface area contributed by atoms with Crippen LogP contribution < -0.4 is 10.6 Å². The van der Waals surface area contributed by atoms with Crippen LogP contribution in [0.4, 0.5) is 10.5 Å². The van der Waals surface area contributed by atoms with E-state index < -0.39 is 17.0 Å². The number of nitro groups is 1. The first kappa shape index (κ1) is 18.9. The number of ketones is 1. The van der Waals surface area contributed by atoms with Crippen molar-refractivity contribution in [3.05, 3.63) is 85.0 Å². The van der Waals surface area contributed by atoms with Crippen LogP contribution in [0, 0.1) is 10.1 Å². The van der Waals surface area contributed by atoms with Crippen LogP contribution in [-0.4, -0.2) is 16.7 Å². The topological polar surface area (TPSA) is 101 Å². The molecule has 2 amide bonds. The first-order valence-electron chi connectivity index (χ1n) is 7.80. The number of nitrogens with one attached hydrogen (secondary N) is 2. The molecule has 1 aliphatic rings. The van der Waals surface area contributed by atoms with E-state index in [9.17, 15) is 19.7 Å². The van der Waals surface area contributed by atoms with Crippen molar-refractivity contribution >= 4 is 40.7 Å².